The van der Waals surface area contributed by atoms with Crippen molar-refractivity contribution in [3.8, 4) is 0 Å². The van der Waals surface area contributed by atoms with E-state index in [2.05, 4.69) is 20.8 Å². The molecule has 0 N–H and O–H groups in total. The van der Waals surface area contributed by atoms with E-state index in [1.165, 1.54) is 19.3 Å². The van der Waals surface area contributed by atoms with E-state index in [-0.39, 0.29) is 27.6 Å². The Hall–Kier alpha value is -0.190. The lowest BCUT2D eigenvalue weighted by Gasteiger charge is -2.27. The number of alkyl halides is 1. The maximum Gasteiger partial charge on any atom is 0.177 e. The van der Waals surface area contributed by atoms with Crippen LogP contribution in [0.4, 0.5) is 0 Å². The summed E-state index contributed by atoms with van der Waals surface area (Å²) in [7, 11) is 0. The number of Topliss-reactive ketones (excluding diaryl/α,β-unsaturated/α-hetero) is 1. The van der Waals surface area contributed by atoms with Gasteiger partial charge in [0.1, 0.15) is 0 Å². The highest BCUT2D eigenvalue weighted by atomic mass is 79.9. The maximum atomic E-state index is 12.1. The molecule has 1 saturated heterocycles. The number of carbonyl (C=O) groups excluding carboxylic acids is 1. The number of halogens is 2. The molecular weight excluding hydrogens is 358 g/mol. The lowest BCUT2D eigenvalue weighted by molar-refractivity contribution is 0.0970. The molecule has 18 heavy (non-hydrogen) atoms. The second-order valence-corrected chi connectivity index (χ2v) is 5.66. The van der Waals surface area contributed by atoms with E-state index in [0.717, 1.165) is 25.2 Å². The van der Waals surface area contributed by atoms with Crippen LogP contribution in [0.3, 0.4) is 0 Å². The van der Waals surface area contributed by atoms with Crippen molar-refractivity contribution >= 4 is 38.7 Å². The molecule has 1 aromatic carbocycles. The fourth-order valence-electron chi connectivity index (χ4n) is 2.23. The van der Waals surface area contributed by atoms with Gasteiger partial charge in [-0.05, 0) is 25.9 Å². The van der Waals surface area contributed by atoms with Gasteiger partial charge in [0.2, 0.25) is 0 Å². The molecule has 4 heteroatoms. The van der Waals surface area contributed by atoms with Gasteiger partial charge in [-0.1, -0.05) is 52.7 Å². The Bertz CT molecular complexity index is 363. The predicted molar refractivity (Wildman–Crippen MR) is 84.1 cm³/mol. The van der Waals surface area contributed by atoms with Gasteiger partial charge in [0, 0.05) is 12.1 Å². The van der Waals surface area contributed by atoms with E-state index in [0.29, 0.717) is 0 Å². The van der Waals surface area contributed by atoms with Gasteiger partial charge >= 0.3 is 0 Å². The SMILES string of the molecule is Br.O=C(c1ccccc1)C(Br)CN1CCCCC1. The highest BCUT2D eigenvalue weighted by Crippen LogP contribution is 2.15. The summed E-state index contributed by atoms with van der Waals surface area (Å²) in [5.74, 6) is 0.191. The van der Waals surface area contributed by atoms with Crippen LogP contribution in [0.5, 0.6) is 0 Å². The largest absolute Gasteiger partial charge is 0.302 e. The molecule has 100 valence electrons. The van der Waals surface area contributed by atoms with Crippen molar-refractivity contribution in [3.05, 3.63) is 35.9 Å². The summed E-state index contributed by atoms with van der Waals surface area (Å²) >= 11 is 3.52. The molecule has 0 radical (unpaired) electrons. The number of benzene rings is 1. The van der Waals surface area contributed by atoms with Crippen LogP contribution < -0.4 is 0 Å². The van der Waals surface area contributed by atoms with Crippen molar-refractivity contribution < 1.29 is 4.79 Å². The first-order chi connectivity index (χ1) is 8.27. The van der Waals surface area contributed by atoms with E-state index in [4.69, 9.17) is 0 Å². The van der Waals surface area contributed by atoms with Crippen LogP contribution in [0.15, 0.2) is 30.3 Å². The molecule has 1 fully saturated rings. The predicted octanol–water partition coefficient (Wildman–Crippen LogP) is 3.70. The van der Waals surface area contributed by atoms with Crippen molar-refractivity contribution in [1.82, 2.24) is 4.90 Å². The van der Waals surface area contributed by atoms with Crippen LogP contribution in [0.1, 0.15) is 29.6 Å². The van der Waals surface area contributed by atoms with Crippen molar-refractivity contribution in [2.45, 2.75) is 24.1 Å². The Morgan fingerprint density at radius 2 is 1.78 bits per heavy atom. The fourth-order valence-corrected chi connectivity index (χ4v) is 2.91. The number of likely N-dealkylation sites (tertiary alicyclic amines) is 1. The summed E-state index contributed by atoms with van der Waals surface area (Å²) < 4.78 is 0. The van der Waals surface area contributed by atoms with Crippen molar-refractivity contribution in [1.29, 1.82) is 0 Å². The monoisotopic (exact) mass is 375 g/mol. The summed E-state index contributed by atoms with van der Waals surface area (Å²) in [4.78, 5) is 14.4. The minimum atomic E-state index is -0.0806. The Morgan fingerprint density at radius 3 is 2.39 bits per heavy atom. The van der Waals surface area contributed by atoms with Gasteiger partial charge in [-0.15, -0.1) is 17.0 Å². The van der Waals surface area contributed by atoms with Crippen LogP contribution in [0.25, 0.3) is 0 Å². The lowest BCUT2D eigenvalue weighted by Crippen LogP contribution is -2.37. The van der Waals surface area contributed by atoms with Crippen LogP contribution in [-0.4, -0.2) is 35.1 Å². The third-order valence-electron chi connectivity index (χ3n) is 3.21. The zero-order valence-corrected chi connectivity index (χ0v) is 13.6. The first-order valence-electron chi connectivity index (χ1n) is 6.23. The average molecular weight is 377 g/mol. The van der Waals surface area contributed by atoms with Crippen LogP contribution >= 0.6 is 32.9 Å². The van der Waals surface area contributed by atoms with E-state index in [1.807, 2.05) is 30.3 Å². The molecule has 1 aliphatic rings. The van der Waals surface area contributed by atoms with Crippen molar-refractivity contribution in [2.75, 3.05) is 19.6 Å². The lowest BCUT2D eigenvalue weighted by atomic mass is 10.1. The van der Waals surface area contributed by atoms with Gasteiger partial charge in [-0.3, -0.25) is 4.79 Å². The molecular formula is C14H19Br2NO. The number of hydrogen-bond donors (Lipinski definition) is 0. The minimum absolute atomic E-state index is 0. The molecule has 2 rings (SSSR count). The number of carbonyl (C=O) groups is 1. The maximum absolute atomic E-state index is 12.1. The minimum Gasteiger partial charge on any atom is -0.302 e. The molecule has 1 heterocycles. The second kappa shape index (κ2) is 8.08. The van der Waals surface area contributed by atoms with Gasteiger partial charge < -0.3 is 4.90 Å². The molecule has 1 unspecified atom stereocenters. The number of nitrogens with zero attached hydrogens (tertiary/aromatic N) is 1. The molecule has 0 amide bonds. The van der Waals surface area contributed by atoms with Gasteiger partial charge in [-0.25, -0.2) is 0 Å². The highest BCUT2D eigenvalue weighted by molar-refractivity contribution is 9.10. The number of rotatable bonds is 4. The van der Waals surface area contributed by atoms with E-state index in [9.17, 15) is 4.79 Å². The van der Waals surface area contributed by atoms with Gasteiger partial charge in [0.15, 0.2) is 5.78 Å². The van der Waals surface area contributed by atoms with Gasteiger partial charge in [0.05, 0.1) is 4.83 Å². The number of piperidine rings is 1. The molecule has 1 aliphatic heterocycles. The molecule has 2 nitrogen and oxygen atoms in total. The average Bonchev–Trinajstić information content (AvgIpc) is 2.40. The first-order valence-corrected chi connectivity index (χ1v) is 7.14. The number of ketones is 1. The quantitative estimate of drug-likeness (QED) is 0.589. The van der Waals surface area contributed by atoms with Crippen LogP contribution in [-0.2, 0) is 0 Å². The Balaban J connectivity index is 0.00000162. The molecule has 0 spiro atoms. The summed E-state index contributed by atoms with van der Waals surface area (Å²) in [6, 6.07) is 9.52. The number of hydrogen-bond acceptors (Lipinski definition) is 2. The fraction of sp³-hybridized carbons (Fsp3) is 0.500. The zero-order valence-electron chi connectivity index (χ0n) is 10.3. The summed E-state index contributed by atoms with van der Waals surface area (Å²) in [6.07, 6.45) is 3.86. The van der Waals surface area contributed by atoms with Crippen LogP contribution in [0.2, 0.25) is 0 Å². The Morgan fingerprint density at radius 1 is 1.17 bits per heavy atom. The molecule has 1 aromatic rings. The van der Waals surface area contributed by atoms with Crippen molar-refractivity contribution in [3.63, 3.8) is 0 Å². The molecule has 1 atom stereocenters. The van der Waals surface area contributed by atoms with Gasteiger partial charge in [-0.2, -0.15) is 0 Å². The Kier molecular flexibility index (Phi) is 7.12. The summed E-state index contributed by atoms with van der Waals surface area (Å²) in [6.45, 7) is 3.09. The van der Waals surface area contributed by atoms with Crippen molar-refractivity contribution in [2.24, 2.45) is 0 Å². The third kappa shape index (κ3) is 4.48. The molecule has 0 aromatic heterocycles. The summed E-state index contributed by atoms with van der Waals surface area (Å²) in [5.41, 5.74) is 0.798. The molecule has 0 bridgehead atoms. The first kappa shape index (κ1) is 15.9. The van der Waals surface area contributed by atoms with Gasteiger partial charge in [0.25, 0.3) is 0 Å². The Labute approximate surface area is 128 Å². The van der Waals surface area contributed by atoms with Crippen LogP contribution in [0, 0.1) is 0 Å². The smallest absolute Gasteiger partial charge is 0.177 e. The molecule has 0 aliphatic carbocycles. The van der Waals surface area contributed by atoms with E-state index >= 15 is 0 Å². The zero-order chi connectivity index (χ0) is 12.1. The van der Waals surface area contributed by atoms with E-state index < -0.39 is 0 Å². The summed E-state index contributed by atoms with van der Waals surface area (Å²) in [5, 5.41) is 0. The topological polar surface area (TPSA) is 20.3 Å². The van der Waals surface area contributed by atoms with E-state index in [1.54, 1.807) is 0 Å². The second-order valence-electron chi connectivity index (χ2n) is 4.56. The highest BCUT2D eigenvalue weighted by Gasteiger charge is 2.20. The third-order valence-corrected chi connectivity index (χ3v) is 3.92. The molecule has 0 saturated carbocycles. The standard InChI is InChI=1S/C14H18BrNO.BrH/c15-13(11-16-9-5-2-6-10-16)14(17)12-7-3-1-4-8-12;/h1,3-4,7-8,13H,2,5-6,9-11H2;1H. The normalized spacial score (nSPS) is 17.8.